The van der Waals surface area contributed by atoms with Gasteiger partial charge >= 0.3 is 0 Å². The number of hydrogen-bond acceptors (Lipinski definition) is 3. The molecule has 122 valence electrons. The molecular weight excluding hydrogens is 274 g/mol. The third kappa shape index (κ3) is 4.09. The summed E-state index contributed by atoms with van der Waals surface area (Å²) in [4.78, 5) is 0. The number of rotatable bonds is 7. The van der Waals surface area contributed by atoms with E-state index in [9.17, 15) is 5.11 Å². The van der Waals surface area contributed by atoms with E-state index in [2.05, 4.69) is 36.5 Å². The molecule has 2 aliphatic rings. The van der Waals surface area contributed by atoms with Gasteiger partial charge in [0.15, 0.2) is 0 Å². The summed E-state index contributed by atoms with van der Waals surface area (Å²) in [5.41, 5.74) is 2.79. The summed E-state index contributed by atoms with van der Waals surface area (Å²) in [6.45, 7) is 4.92. The molecule has 3 heteroatoms. The van der Waals surface area contributed by atoms with E-state index < -0.39 is 0 Å². The van der Waals surface area contributed by atoms with Gasteiger partial charge in [0.05, 0.1) is 6.61 Å². The first kappa shape index (κ1) is 16.0. The highest BCUT2D eigenvalue weighted by molar-refractivity contribution is 5.23. The Hall–Kier alpha value is -0.900. The smallest absolute Gasteiger partial charge is 0.0501 e. The number of aliphatic hydroxyl groups is 1. The van der Waals surface area contributed by atoms with Gasteiger partial charge in [-0.15, -0.1) is 0 Å². The molecule has 1 unspecified atom stereocenters. The third-order valence-corrected chi connectivity index (χ3v) is 5.36. The van der Waals surface area contributed by atoms with Gasteiger partial charge in [0.25, 0.3) is 0 Å². The number of aliphatic hydroxyl groups excluding tert-OH is 1. The molecule has 1 aromatic carbocycles. The van der Waals surface area contributed by atoms with Crippen molar-refractivity contribution in [1.29, 1.82) is 0 Å². The summed E-state index contributed by atoms with van der Waals surface area (Å²) in [5, 5.41) is 13.6. The zero-order valence-electron chi connectivity index (χ0n) is 13.7. The number of ether oxygens (including phenoxy) is 1. The zero-order chi connectivity index (χ0) is 15.4. The highest BCUT2D eigenvalue weighted by Crippen LogP contribution is 2.35. The Morgan fingerprint density at radius 1 is 1.32 bits per heavy atom. The maximum Gasteiger partial charge on any atom is 0.0501 e. The summed E-state index contributed by atoms with van der Waals surface area (Å²) in [7, 11) is 0. The number of nitrogens with one attached hydrogen (secondary N) is 1. The second-order valence-corrected chi connectivity index (χ2v) is 7.29. The number of aryl methyl sites for hydroxylation is 1. The Kier molecular flexibility index (Phi) is 5.17. The zero-order valence-corrected chi connectivity index (χ0v) is 13.7. The molecule has 1 saturated heterocycles. The predicted molar refractivity (Wildman–Crippen MR) is 89.0 cm³/mol. The van der Waals surface area contributed by atoms with Crippen molar-refractivity contribution in [3.05, 3.63) is 35.4 Å². The maximum absolute atomic E-state index is 9.84. The first-order chi connectivity index (χ1) is 10.7. The first-order valence-electron chi connectivity index (χ1n) is 8.68. The van der Waals surface area contributed by atoms with Crippen LogP contribution in [0, 0.1) is 18.3 Å². The molecule has 2 N–H and O–H groups in total. The quantitative estimate of drug-likeness (QED) is 0.814. The van der Waals surface area contributed by atoms with Crippen LogP contribution in [0.15, 0.2) is 24.3 Å². The summed E-state index contributed by atoms with van der Waals surface area (Å²) < 4.78 is 5.46. The van der Waals surface area contributed by atoms with Gasteiger partial charge in [-0.1, -0.05) is 29.8 Å². The van der Waals surface area contributed by atoms with Crippen LogP contribution >= 0.6 is 0 Å². The van der Waals surface area contributed by atoms with Crippen LogP contribution in [0.2, 0.25) is 0 Å². The average molecular weight is 303 g/mol. The Bertz CT molecular complexity index is 478. The van der Waals surface area contributed by atoms with Crippen LogP contribution in [0.1, 0.15) is 36.8 Å². The van der Waals surface area contributed by atoms with Gasteiger partial charge in [0.2, 0.25) is 0 Å². The molecule has 1 saturated carbocycles. The Morgan fingerprint density at radius 2 is 2.09 bits per heavy atom. The van der Waals surface area contributed by atoms with Gasteiger partial charge in [-0.3, -0.25) is 0 Å². The minimum Gasteiger partial charge on any atom is -0.396 e. The molecule has 0 radical (unpaired) electrons. The Balaban J connectivity index is 1.59. The predicted octanol–water partition coefficient (Wildman–Crippen LogP) is 2.69. The summed E-state index contributed by atoms with van der Waals surface area (Å²) in [6.07, 6.45) is 5.73. The van der Waals surface area contributed by atoms with Gasteiger partial charge in [-0.25, -0.2) is 0 Å². The van der Waals surface area contributed by atoms with Crippen LogP contribution in [-0.4, -0.2) is 37.5 Å². The van der Waals surface area contributed by atoms with Crippen LogP contribution < -0.4 is 5.32 Å². The van der Waals surface area contributed by atoms with Crippen LogP contribution in [0.4, 0.5) is 0 Å². The molecule has 0 amide bonds. The summed E-state index contributed by atoms with van der Waals surface area (Å²) in [6, 6.07) is 9.40. The molecule has 0 aromatic heterocycles. The molecule has 0 bridgehead atoms. The molecule has 3 nitrogen and oxygen atoms in total. The molecule has 1 aromatic rings. The van der Waals surface area contributed by atoms with Crippen molar-refractivity contribution < 1.29 is 9.84 Å². The van der Waals surface area contributed by atoms with E-state index in [0.29, 0.717) is 6.04 Å². The van der Waals surface area contributed by atoms with Crippen LogP contribution in [0.5, 0.6) is 0 Å². The van der Waals surface area contributed by atoms with Crippen molar-refractivity contribution in [1.82, 2.24) is 5.32 Å². The fourth-order valence-electron chi connectivity index (χ4n) is 3.54. The maximum atomic E-state index is 9.84. The van der Waals surface area contributed by atoms with Crippen LogP contribution in [0.25, 0.3) is 0 Å². The highest BCUT2D eigenvalue weighted by Gasteiger charge is 2.36. The van der Waals surface area contributed by atoms with E-state index in [1.165, 1.54) is 24.0 Å². The highest BCUT2D eigenvalue weighted by atomic mass is 16.5. The second kappa shape index (κ2) is 7.12. The SMILES string of the molecule is Cc1cccc(CC(NCC2(CO)CCOCC2)C2CC2)c1. The van der Waals surface area contributed by atoms with E-state index in [1.54, 1.807) is 0 Å². The fourth-order valence-corrected chi connectivity index (χ4v) is 3.54. The van der Waals surface area contributed by atoms with Crippen LogP contribution in [-0.2, 0) is 11.2 Å². The molecule has 22 heavy (non-hydrogen) atoms. The van der Waals surface area contributed by atoms with E-state index >= 15 is 0 Å². The van der Waals surface area contributed by atoms with Gasteiger partial charge in [-0.2, -0.15) is 0 Å². The van der Waals surface area contributed by atoms with Gasteiger partial charge in [0.1, 0.15) is 0 Å². The standard InChI is InChI=1S/C19H29NO2/c1-15-3-2-4-16(11-15)12-18(17-5-6-17)20-13-19(14-21)7-9-22-10-8-19/h2-4,11,17-18,20-21H,5-10,12-14H2,1H3. The number of benzene rings is 1. The van der Waals surface area contributed by atoms with Crippen molar-refractivity contribution in [2.75, 3.05) is 26.4 Å². The molecule has 1 aliphatic carbocycles. The first-order valence-corrected chi connectivity index (χ1v) is 8.68. The van der Waals surface area contributed by atoms with Crippen LogP contribution in [0.3, 0.4) is 0 Å². The van der Waals surface area contributed by atoms with Crippen molar-refractivity contribution in [3.8, 4) is 0 Å². The van der Waals surface area contributed by atoms with Gasteiger partial charge in [-0.05, 0) is 50.5 Å². The lowest BCUT2D eigenvalue weighted by Crippen LogP contribution is -2.46. The number of hydrogen-bond donors (Lipinski definition) is 2. The average Bonchev–Trinajstić information content (AvgIpc) is 3.37. The Labute approximate surface area is 134 Å². The third-order valence-electron chi connectivity index (χ3n) is 5.36. The summed E-state index contributed by atoms with van der Waals surface area (Å²) >= 11 is 0. The molecule has 1 atom stereocenters. The summed E-state index contributed by atoms with van der Waals surface area (Å²) in [5.74, 6) is 0.816. The van der Waals surface area contributed by atoms with Crippen molar-refractivity contribution in [3.63, 3.8) is 0 Å². The molecule has 3 rings (SSSR count). The normalized spacial score (nSPS) is 22.5. The topological polar surface area (TPSA) is 41.5 Å². The van der Waals surface area contributed by atoms with Gasteiger partial charge in [0, 0.05) is 31.2 Å². The largest absolute Gasteiger partial charge is 0.396 e. The molecule has 1 aliphatic heterocycles. The minimum atomic E-state index is 0.0258. The lowest BCUT2D eigenvalue weighted by atomic mass is 9.80. The van der Waals surface area contributed by atoms with E-state index in [0.717, 1.165) is 44.9 Å². The Morgan fingerprint density at radius 3 is 2.73 bits per heavy atom. The minimum absolute atomic E-state index is 0.0258. The lowest BCUT2D eigenvalue weighted by Gasteiger charge is -2.37. The van der Waals surface area contributed by atoms with E-state index in [4.69, 9.17) is 4.74 Å². The van der Waals surface area contributed by atoms with E-state index in [-0.39, 0.29) is 12.0 Å². The second-order valence-electron chi connectivity index (χ2n) is 7.29. The van der Waals surface area contributed by atoms with Crippen molar-refractivity contribution in [2.24, 2.45) is 11.3 Å². The molecule has 2 fully saturated rings. The van der Waals surface area contributed by atoms with Gasteiger partial charge < -0.3 is 15.2 Å². The lowest BCUT2D eigenvalue weighted by molar-refractivity contribution is -0.0168. The van der Waals surface area contributed by atoms with Crippen molar-refractivity contribution >= 4 is 0 Å². The molecule has 1 heterocycles. The van der Waals surface area contributed by atoms with Crippen molar-refractivity contribution in [2.45, 2.75) is 45.1 Å². The monoisotopic (exact) mass is 303 g/mol. The molecule has 0 spiro atoms. The van der Waals surface area contributed by atoms with E-state index in [1.807, 2.05) is 0 Å². The fraction of sp³-hybridized carbons (Fsp3) is 0.684. The molecular formula is C19H29NO2.